The molecule has 0 spiro atoms. The van der Waals surface area contributed by atoms with E-state index >= 15 is 0 Å². The lowest BCUT2D eigenvalue weighted by Gasteiger charge is -2.18. The molecule has 136 valence electrons. The Morgan fingerprint density at radius 1 is 1.31 bits per heavy atom. The average Bonchev–Trinajstić information content (AvgIpc) is 3.36. The average molecular weight is 356 g/mol. The molecular weight excluding hydrogens is 336 g/mol. The number of ether oxygens (including phenoxy) is 1. The number of anilines is 1. The molecule has 1 aliphatic heterocycles. The van der Waals surface area contributed by atoms with E-state index in [0.29, 0.717) is 30.6 Å². The van der Waals surface area contributed by atoms with Gasteiger partial charge in [-0.3, -0.25) is 9.48 Å². The van der Waals surface area contributed by atoms with Crippen LogP contribution in [0.2, 0.25) is 0 Å². The molecule has 1 N–H and O–H groups in total. The van der Waals surface area contributed by atoms with Crippen molar-refractivity contribution in [3.63, 3.8) is 0 Å². The number of amides is 1. The summed E-state index contributed by atoms with van der Waals surface area (Å²) in [5, 5.41) is 7.22. The third kappa shape index (κ3) is 3.13. The maximum Gasteiger partial charge on any atom is 0.278 e. The Hall–Kier alpha value is -2.94. The van der Waals surface area contributed by atoms with Crippen molar-refractivity contribution >= 4 is 11.7 Å². The maximum absolute atomic E-state index is 12.5. The second-order valence-electron chi connectivity index (χ2n) is 6.31. The molecule has 0 radical (unpaired) electrons. The van der Waals surface area contributed by atoms with Crippen LogP contribution in [0, 0.1) is 0 Å². The van der Waals surface area contributed by atoms with Gasteiger partial charge < -0.3 is 19.0 Å². The Balaban J connectivity index is 1.49. The Labute approximate surface area is 150 Å². The highest BCUT2D eigenvalue weighted by Gasteiger charge is 2.23. The number of imidazole rings is 1. The van der Waals surface area contributed by atoms with Gasteiger partial charge in [-0.2, -0.15) is 5.10 Å². The first-order chi connectivity index (χ1) is 12.6. The highest BCUT2D eigenvalue weighted by atomic mass is 16.5. The number of carbonyl (C=O) groups is 1. The zero-order chi connectivity index (χ0) is 18.1. The van der Waals surface area contributed by atoms with Gasteiger partial charge in [0.25, 0.3) is 5.91 Å². The largest absolute Gasteiger partial charge is 0.448 e. The number of rotatable bonds is 4. The molecule has 9 nitrogen and oxygen atoms in total. The Morgan fingerprint density at radius 2 is 2.12 bits per heavy atom. The van der Waals surface area contributed by atoms with E-state index in [1.807, 2.05) is 17.8 Å². The number of oxazole rings is 1. The third-order valence-electron chi connectivity index (χ3n) is 4.50. The van der Waals surface area contributed by atoms with E-state index in [2.05, 4.69) is 20.4 Å². The van der Waals surface area contributed by atoms with E-state index in [-0.39, 0.29) is 17.5 Å². The molecule has 0 unspecified atom stereocenters. The fraction of sp³-hybridized carbons (Fsp3) is 0.412. The van der Waals surface area contributed by atoms with Crippen LogP contribution in [0.4, 0.5) is 5.82 Å². The van der Waals surface area contributed by atoms with E-state index < -0.39 is 0 Å². The molecule has 4 rings (SSSR count). The molecule has 1 amide bonds. The van der Waals surface area contributed by atoms with E-state index in [9.17, 15) is 4.79 Å². The summed E-state index contributed by atoms with van der Waals surface area (Å²) < 4.78 is 14.3. The van der Waals surface area contributed by atoms with Crippen molar-refractivity contribution in [2.45, 2.75) is 18.8 Å². The van der Waals surface area contributed by atoms with Gasteiger partial charge >= 0.3 is 0 Å². The van der Waals surface area contributed by atoms with Crippen molar-refractivity contribution in [2.24, 2.45) is 14.1 Å². The number of nitrogens with zero attached hydrogens (tertiary/aromatic N) is 5. The van der Waals surface area contributed by atoms with Gasteiger partial charge in [0.2, 0.25) is 0 Å². The highest BCUT2D eigenvalue weighted by molar-refractivity contribution is 6.02. The summed E-state index contributed by atoms with van der Waals surface area (Å²) in [4.78, 5) is 21.1. The van der Waals surface area contributed by atoms with E-state index in [4.69, 9.17) is 9.15 Å². The number of nitrogens with one attached hydrogen (secondary N) is 1. The van der Waals surface area contributed by atoms with E-state index in [1.54, 1.807) is 24.0 Å². The van der Waals surface area contributed by atoms with Crippen LogP contribution in [-0.4, -0.2) is 43.4 Å². The minimum Gasteiger partial charge on any atom is -0.448 e. The fourth-order valence-electron chi connectivity index (χ4n) is 3.01. The fourth-order valence-corrected chi connectivity index (χ4v) is 3.01. The van der Waals surface area contributed by atoms with Crippen LogP contribution >= 0.6 is 0 Å². The first-order valence-corrected chi connectivity index (χ1v) is 8.48. The Morgan fingerprint density at radius 3 is 2.85 bits per heavy atom. The van der Waals surface area contributed by atoms with Gasteiger partial charge in [-0.1, -0.05) is 0 Å². The number of carbonyl (C=O) groups excluding carboxylic acids is 1. The predicted octanol–water partition coefficient (Wildman–Crippen LogP) is 1.95. The maximum atomic E-state index is 12.5. The van der Waals surface area contributed by atoms with Gasteiger partial charge in [0, 0.05) is 51.7 Å². The van der Waals surface area contributed by atoms with Crippen LogP contribution < -0.4 is 5.32 Å². The van der Waals surface area contributed by atoms with Crippen molar-refractivity contribution in [3.05, 3.63) is 36.3 Å². The van der Waals surface area contributed by atoms with Crippen molar-refractivity contribution in [1.82, 2.24) is 24.3 Å². The first-order valence-electron chi connectivity index (χ1n) is 8.48. The summed E-state index contributed by atoms with van der Waals surface area (Å²) in [6.07, 6.45) is 6.66. The van der Waals surface area contributed by atoms with Gasteiger partial charge in [-0.15, -0.1) is 0 Å². The molecule has 0 bridgehead atoms. The van der Waals surface area contributed by atoms with Crippen molar-refractivity contribution < 1.29 is 13.9 Å². The molecule has 3 aromatic heterocycles. The van der Waals surface area contributed by atoms with Crippen LogP contribution in [0.25, 0.3) is 11.5 Å². The standard InChI is InChI=1S/C17H20N6O3/c1-22-6-5-18-15(22)12-9-14(23(2)21-12)20-16(24)13-10-26-17(19-13)11-3-7-25-8-4-11/h5-6,9-11H,3-4,7-8H2,1-2H3,(H,20,24). The molecule has 1 aliphatic rings. The number of hydrogen-bond acceptors (Lipinski definition) is 6. The van der Waals surface area contributed by atoms with E-state index in [0.717, 1.165) is 18.7 Å². The zero-order valence-corrected chi connectivity index (χ0v) is 14.7. The normalized spacial score (nSPS) is 15.3. The predicted molar refractivity (Wildman–Crippen MR) is 92.7 cm³/mol. The molecule has 3 aromatic rings. The van der Waals surface area contributed by atoms with Crippen molar-refractivity contribution in [1.29, 1.82) is 0 Å². The number of aromatic nitrogens is 5. The number of hydrogen-bond donors (Lipinski definition) is 1. The van der Waals surface area contributed by atoms with Gasteiger partial charge in [0.15, 0.2) is 17.4 Å². The molecular formula is C17H20N6O3. The van der Waals surface area contributed by atoms with Crippen LogP contribution in [-0.2, 0) is 18.8 Å². The molecule has 9 heteroatoms. The zero-order valence-electron chi connectivity index (χ0n) is 14.7. The van der Waals surface area contributed by atoms with Gasteiger partial charge in [0.1, 0.15) is 17.8 Å². The van der Waals surface area contributed by atoms with Crippen molar-refractivity contribution in [3.8, 4) is 11.5 Å². The molecule has 0 aromatic carbocycles. The highest BCUT2D eigenvalue weighted by Crippen LogP contribution is 2.26. The van der Waals surface area contributed by atoms with Gasteiger partial charge in [-0.25, -0.2) is 9.97 Å². The molecule has 1 saturated heterocycles. The van der Waals surface area contributed by atoms with E-state index in [1.165, 1.54) is 6.26 Å². The smallest absolute Gasteiger partial charge is 0.278 e. The lowest BCUT2D eigenvalue weighted by atomic mass is 10.0. The number of aryl methyl sites for hydroxylation is 2. The summed E-state index contributed by atoms with van der Waals surface area (Å²) in [5.74, 6) is 1.75. The monoisotopic (exact) mass is 356 g/mol. The van der Waals surface area contributed by atoms with Crippen molar-refractivity contribution in [2.75, 3.05) is 18.5 Å². The lowest BCUT2D eigenvalue weighted by molar-refractivity contribution is 0.0794. The van der Waals surface area contributed by atoms with Crippen LogP contribution in [0.1, 0.15) is 35.1 Å². The quantitative estimate of drug-likeness (QED) is 0.767. The molecule has 0 aliphatic carbocycles. The van der Waals surface area contributed by atoms with Crippen LogP contribution in [0.5, 0.6) is 0 Å². The molecule has 1 fully saturated rings. The molecule has 0 saturated carbocycles. The van der Waals surface area contributed by atoms with Gasteiger partial charge in [0.05, 0.1) is 0 Å². The minimum atomic E-state index is -0.332. The van der Waals surface area contributed by atoms with Gasteiger partial charge in [-0.05, 0) is 12.8 Å². The second kappa shape index (κ2) is 6.75. The topological polar surface area (TPSA) is 100 Å². The SMILES string of the molecule is Cn1ccnc1-c1cc(NC(=O)c2coc(C3CCOCC3)n2)n(C)n1. The van der Waals surface area contributed by atoms with Crippen LogP contribution in [0.3, 0.4) is 0 Å². The molecule has 4 heterocycles. The summed E-state index contributed by atoms with van der Waals surface area (Å²) >= 11 is 0. The Kier molecular flexibility index (Phi) is 4.29. The summed E-state index contributed by atoms with van der Waals surface area (Å²) in [7, 11) is 3.65. The summed E-state index contributed by atoms with van der Waals surface area (Å²) in [5.41, 5.74) is 0.935. The first kappa shape index (κ1) is 16.5. The minimum absolute atomic E-state index is 0.206. The Bertz CT molecular complexity index is 919. The summed E-state index contributed by atoms with van der Waals surface area (Å²) in [6, 6.07) is 1.78. The second-order valence-corrected chi connectivity index (χ2v) is 6.31. The third-order valence-corrected chi connectivity index (χ3v) is 4.50. The molecule has 26 heavy (non-hydrogen) atoms. The molecule has 0 atom stereocenters. The lowest BCUT2D eigenvalue weighted by Crippen LogP contribution is -2.16. The van der Waals surface area contributed by atoms with Crippen LogP contribution in [0.15, 0.2) is 29.1 Å². The summed E-state index contributed by atoms with van der Waals surface area (Å²) in [6.45, 7) is 1.39.